The average molecular weight is 355 g/mol. The Bertz CT molecular complexity index is 975. The molecule has 0 fully saturated rings. The lowest BCUT2D eigenvalue weighted by atomic mass is 10.1. The molecule has 0 saturated carbocycles. The standard InChI is InChI=1S/C24H21NO2/c1-27-20-14-11-19(12-15-20)17-25-23(16-13-18-7-3-2-4-8-18)21-9-5-6-10-22(21)24(25)26/h2-12,14-16H,13,17H2,1H3/b23-16+. The van der Waals surface area contributed by atoms with Crippen LogP contribution in [0.25, 0.3) is 5.70 Å². The normalized spacial score (nSPS) is 14.5. The number of carbonyl (C=O) groups is 1. The minimum atomic E-state index is 0.0562. The number of rotatable bonds is 5. The zero-order valence-electron chi connectivity index (χ0n) is 15.3. The summed E-state index contributed by atoms with van der Waals surface area (Å²) in [5, 5.41) is 0. The number of allylic oxidation sites excluding steroid dienone is 1. The Labute approximate surface area is 159 Å². The minimum absolute atomic E-state index is 0.0562. The van der Waals surface area contributed by atoms with Crippen LogP contribution in [0.15, 0.2) is 84.9 Å². The second-order valence-electron chi connectivity index (χ2n) is 6.56. The van der Waals surface area contributed by atoms with E-state index in [0.29, 0.717) is 6.54 Å². The first kappa shape index (κ1) is 17.1. The Hall–Kier alpha value is -3.33. The van der Waals surface area contributed by atoms with E-state index in [1.807, 2.05) is 71.6 Å². The quantitative estimate of drug-likeness (QED) is 0.649. The van der Waals surface area contributed by atoms with E-state index in [0.717, 1.165) is 34.6 Å². The molecule has 27 heavy (non-hydrogen) atoms. The lowest BCUT2D eigenvalue weighted by Crippen LogP contribution is -2.22. The first-order chi connectivity index (χ1) is 13.3. The third-order valence-electron chi connectivity index (χ3n) is 4.84. The smallest absolute Gasteiger partial charge is 0.259 e. The molecule has 1 amide bonds. The molecule has 1 aliphatic heterocycles. The van der Waals surface area contributed by atoms with Crippen LogP contribution in [-0.4, -0.2) is 17.9 Å². The zero-order chi connectivity index (χ0) is 18.6. The number of nitrogens with zero attached hydrogens (tertiary/aromatic N) is 1. The van der Waals surface area contributed by atoms with Crippen LogP contribution in [0.5, 0.6) is 5.75 Å². The summed E-state index contributed by atoms with van der Waals surface area (Å²) in [4.78, 5) is 14.9. The fourth-order valence-electron chi connectivity index (χ4n) is 3.41. The molecule has 3 aromatic rings. The molecule has 0 radical (unpaired) electrons. The maximum absolute atomic E-state index is 13.0. The second kappa shape index (κ2) is 7.50. The van der Waals surface area contributed by atoms with E-state index < -0.39 is 0 Å². The average Bonchev–Trinajstić information content (AvgIpc) is 2.99. The van der Waals surface area contributed by atoms with Gasteiger partial charge >= 0.3 is 0 Å². The maximum Gasteiger partial charge on any atom is 0.259 e. The van der Waals surface area contributed by atoms with Gasteiger partial charge in [-0.05, 0) is 35.7 Å². The van der Waals surface area contributed by atoms with Crippen LogP contribution in [0.4, 0.5) is 0 Å². The molecule has 4 rings (SSSR count). The lowest BCUT2D eigenvalue weighted by molar-refractivity contribution is 0.0843. The van der Waals surface area contributed by atoms with E-state index in [4.69, 9.17) is 4.74 Å². The Balaban J connectivity index is 1.66. The van der Waals surface area contributed by atoms with Gasteiger partial charge in [-0.2, -0.15) is 0 Å². The van der Waals surface area contributed by atoms with Crippen LogP contribution in [0.3, 0.4) is 0 Å². The predicted molar refractivity (Wildman–Crippen MR) is 107 cm³/mol. The number of hydrogen-bond acceptors (Lipinski definition) is 2. The number of benzene rings is 3. The van der Waals surface area contributed by atoms with Gasteiger partial charge in [0.25, 0.3) is 5.91 Å². The van der Waals surface area contributed by atoms with Gasteiger partial charge in [0.2, 0.25) is 0 Å². The molecule has 0 saturated heterocycles. The maximum atomic E-state index is 13.0. The molecule has 3 nitrogen and oxygen atoms in total. The molecular formula is C24H21NO2. The Kier molecular flexibility index (Phi) is 4.75. The van der Waals surface area contributed by atoms with E-state index >= 15 is 0 Å². The molecule has 0 unspecified atom stereocenters. The van der Waals surface area contributed by atoms with Crippen LogP contribution < -0.4 is 4.74 Å². The van der Waals surface area contributed by atoms with Crippen LogP contribution in [0.1, 0.15) is 27.0 Å². The van der Waals surface area contributed by atoms with Crippen LogP contribution >= 0.6 is 0 Å². The molecule has 0 aromatic heterocycles. The summed E-state index contributed by atoms with van der Waals surface area (Å²) < 4.78 is 5.23. The Morgan fingerprint density at radius 3 is 2.19 bits per heavy atom. The first-order valence-corrected chi connectivity index (χ1v) is 9.04. The van der Waals surface area contributed by atoms with Crippen LogP contribution in [-0.2, 0) is 13.0 Å². The Morgan fingerprint density at radius 1 is 0.815 bits per heavy atom. The fraction of sp³-hybridized carbons (Fsp3) is 0.125. The van der Waals surface area contributed by atoms with E-state index in [9.17, 15) is 4.79 Å². The van der Waals surface area contributed by atoms with Crippen molar-refractivity contribution in [2.24, 2.45) is 0 Å². The SMILES string of the molecule is COc1ccc(CN2C(=O)c3ccccc3/C2=C\Cc2ccccc2)cc1. The van der Waals surface area contributed by atoms with Gasteiger partial charge in [0.1, 0.15) is 5.75 Å². The van der Waals surface area contributed by atoms with Crippen molar-refractivity contribution in [3.8, 4) is 5.75 Å². The van der Waals surface area contributed by atoms with Crippen LogP contribution in [0, 0.1) is 0 Å². The minimum Gasteiger partial charge on any atom is -0.497 e. The van der Waals surface area contributed by atoms with Crippen molar-refractivity contribution >= 4 is 11.6 Å². The highest BCUT2D eigenvalue weighted by Crippen LogP contribution is 2.34. The van der Waals surface area contributed by atoms with Crippen molar-refractivity contribution in [1.82, 2.24) is 4.90 Å². The van der Waals surface area contributed by atoms with E-state index in [2.05, 4.69) is 18.2 Å². The molecular weight excluding hydrogens is 334 g/mol. The summed E-state index contributed by atoms with van der Waals surface area (Å²) >= 11 is 0. The molecule has 0 spiro atoms. The van der Waals surface area contributed by atoms with Crippen molar-refractivity contribution in [2.45, 2.75) is 13.0 Å². The van der Waals surface area contributed by atoms with E-state index in [1.54, 1.807) is 7.11 Å². The van der Waals surface area contributed by atoms with Gasteiger partial charge in [-0.25, -0.2) is 0 Å². The van der Waals surface area contributed by atoms with Crippen LogP contribution in [0.2, 0.25) is 0 Å². The largest absolute Gasteiger partial charge is 0.497 e. The highest BCUT2D eigenvalue weighted by molar-refractivity contribution is 6.09. The summed E-state index contributed by atoms with van der Waals surface area (Å²) in [6.07, 6.45) is 2.94. The van der Waals surface area contributed by atoms with Gasteiger partial charge in [0.05, 0.1) is 13.7 Å². The summed E-state index contributed by atoms with van der Waals surface area (Å²) in [6.45, 7) is 0.540. The summed E-state index contributed by atoms with van der Waals surface area (Å²) in [7, 11) is 1.65. The molecule has 1 heterocycles. The van der Waals surface area contributed by atoms with Crippen molar-refractivity contribution in [3.05, 3.63) is 107 Å². The van der Waals surface area contributed by atoms with Gasteiger partial charge < -0.3 is 9.64 Å². The number of fused-ring (bicyclic) bond motifs is 1. The lowest BCUT2D eigenvalue weighted by Gasteiger charge is -2.19. The third kappa shape index (κ3) is 3.49. The third-order valence-corrected chi connectivity index (χ3v) is 4.84. The monoisotopic (exact) mass is 355 g/mol. The van der Waals surface area contributed by atoms with Gasteiger partial charge in [-0.15, -0.1) is 0 Å². The van der Waals surface area contributed by atoms with Gasteiger partial charge in [0, 0.05) is 16.8 Å². The molecule has 3 heteroatoms. The van der Waals surface area contributed by atoms with Crippen molar-refractivity contribution in [3.63, 3.8) is 0 Å². The number of ether oxygens (including phenoxy) is 1. The highest BCUT2D eigenvalue weighted by Gasteiger charge is 2.31. The van der Waals surface area contributed by atoms with Crippen molar-refractivity contribution in [1.29, 1.82) is 0 Å². The highest BCUT2D eigenvalue weighted by atomic mass is 16.5. The van der Waals surface area contributed by atoms with Gasteiger partial charge in [-0.1, -0.05) is 66.7 Å². The molecule has 0 N–H and O–H groups in total. The summed E-state index contributed by atoms with van der Waals surface area (Å²) in [5.41, 5.74) is 5.06. The summed E-state index contributed by atoms with van der Waals surface area (Å²) in [5.74, 6) is 0.871. The molecule has 0 atom stereocenters. The number of methoxy groups -OCH3 is 1. The predicted octanol–water partition coefficient (Wildman–Crippen LogP) is 4.93. The zero-order valence-corrected chi connectivity index (χ0v) is 15.3. The van der Waals surface area contributed by atoms with Gasteiger partial charge in [-0.3, -0.25) is 4.79 Å². The number of amides is 1. The molecule has 0 bridgehead atoms. The van der Waals surface area contributed by atoms with E-state index in [1.165, 1.54) is 5.56 Å². The van der Waals surface area contributed by atoms with Gasteiger partial charge in [0.15, 0.2) is 0 Å². The molecule has 134 valence electrons. The van der Waals surface area contributed by atoms with Crippen molar-refractivity contribution < 1.29 is 9.53 Å². The number of hydrogen-bond donors (Lipinski definition) is 0. The first-order valence-electron chi connectivity index (χ1n) is 9.04. The molecule has 1 aliphatic rings. The molecule has 3 aromatic carbocycles. The number of carbonyl (C=O) groups excluding carboxylic acids is 1. The summed E-state index contributed by atoms with van der Waals surface area (Å²) in [6, 6.07) is 26.0. The molecule has 0 aliphatic carbocycles. The Morgan fingerprint density at radius 2 is 1.48 bits per heavy atom. The second-order valence-corrected chi connectivity index (χ2v) is 6.56. The topological polar surface area (TPSA) is 29.5 Å². The fourth-order valence-corrected chi connectivity index (χ4v) is 3.41. The van der Waals surface area contributed by atoms with Crippen molar-refractivity contribution in [2.75, 3.05) is 7.11 Å². The van der Waals surface area contributed by atoms with E-state index in [-0.39, 0.29) is 5.91 Å².